The van der Waals surface area contributed by atoms with Crippen molar-refractivity contribution in [2.24, 2.45) is 0 Å². The molecule has 1 N–H and O–H groups in total. The van der Waals surface area contributed by atoms with Gasteiger partial charge in [0.15, 0.2) is 17.3 Å². The lowest BCUT2D eigenvalue weighted by molar-refractivity contribution is 0.0398. The van der Waals surface area contributed by atoms with Crippen LogP contribution in [0.25, 0.3) is 27.4 Å². The summed E-state index contributed by atoms with van der Waals surface area (Å²) in [5, 5.41) is 5.20. The van der Waals surface area contributed by atoms with Crippen LogP contribution in [0.3, 0.4) is 0 Å². The van der Waals surface area contributed by atoms with Crippen molar-refractivity contribution in [1.29, 1.82) is 0 Å². The molecule has 0 saturated carbocycles. The second-order valence-electron chi connectivity index (χ2n) is 10.9. The first-order chi connectivity index (χ1) is 20.0. The standard InChI is InChI=1S/C31H32FN5O4/c1-34-10-12-36(13-11-34)31(39)23-19-37-25-7-6-20-4-2-3-5-21(20)29(25)41-30-26(24(32)18-22(27(30)37)28(23)38)33-8-9-35-14-16-40-17-15-35/h2-7,18-19,33H,8-17H2,1H3. The van der Waals surface area contributed by atoms with Gasteiger partial charge < -0.3 is 29.2 Å². The van der Waals surface area contributed by atoms with Crippen molar-refractivity contribution in [2.45, 2.75) is 0 Å². The van der Waals surface area contributed by atoms with Gasteiger partial charge >= 0.3 is 0 Å². The fourth-order valence-electron chi connectivity index (χ4n) is 6.01. The summed E-state index contributed by atoms with van der Waals surface area (Å²) >= 11 is 0. The van der Waals surface area contributed by atoms with E-state index in [0.29, 0.717) is 56.3 Å². The minimum atomic E-state index is -0.592. The van der Waals surface area contributed by atoms with Gasteiger partial charge in [0.05, 0.1) is 24.3 Å². The van der Waals surface area contributed by atoms with Gasteiger partial charge in [0.2, 0.25) is 5.43 Å². The molecule has 0 unspecified atom stereocenters. The van der Waals surface area contributed by atoms with Crippen molar-refractivity contribution in [3.8, 4) is 17.2 Å². The Balaban J connectivity index is 1.37. The molecule has 0 aliphatic carbocycles. The number of amides is 1. The van der Waals surface area contributed by atoms with E-state index in [1.807, 2.05) is 48.0 Å². The van der Waals surface area contributed by atoms with Crippen LogP contribution in [-0.4, -0.2) is 97.8 Å². The molecule has 4 aromatic rings. The Labute approximate surface area is 236 Å². The molecule has 3 aromatic carbocycles. The van der Waals surface area contributed by atoms with Crippen molar-refractivity contribution in [1.82, 2.24) is 19.3 Å². The van der Waals surface area contributed by atoms with Gasteiger partial charge in [-0.25, -0.2) is 4.39 Å². The number of pyridine rings is 1. The molecular weight excluding hydrogens is 525 g/mol. The number of benzene rings is 3. The third-order valence-electron chi connectivity index (χ3n) is 8.37. The molecule has 0 spiro atoms. The first kappa shape index (κ1) is 25.9. The number of piperazine rings is 1. The first-order valence-corrected chi connectivity index (χ1v) is 14.1. The molecular formula is C31H32FN5O4. The van der Waals surface area contributed by atoms with E-state index in [2.05, 4.69) is 15.1 Å². The lowest BCUT2D eigenvalue weighted by Crippen LogP contribution is -2.48. The summed E-state index contributed by atoms with van der Waals surface area (Å²) in [7, 11) is 2.01. The molecule has 9 nitrogen and oxygen atoms in total. The van der Waals surface area contributed by atoms with Crippen LogP contribution < -0.4 is 15.5 Å². The molecule has 2 fully saturated rings. The number of ether oxygens (including phenoxy) is 2. The van der Waals surface area contributed by atoms with E-state index in [1.54, 1.807) is 11.1 Å². The summed E-state index contributed by atoms with van der Waals surface area (Å²) in [4.78, 5) is 33.6. The second kappa shape index (κ2) is 10.4. The number of nitrogens with zero attached hydrogens (tertiary/aromatic N) is 4. The van der Waals surface area contributed by atoms with Crippen LogP contribution in [0.5, 0.6) is 11.5 Å². The summed E-state index contributed by atoms with van der Waals surface area (Å²) in [6, 6.07) is 13.0. The monoisotopic (exact) mass is 557 g/mol. The topological polar surface area (TPSA) is 79.3 Å². The summed E-state index contributed by atoms with van der Waals surface area (Å²) in [5.41, 5.74) is 0.882. The molecule has 4 heterocycles. The Morgan fingerprint density at radius 2 is 1.76 bits per heavy atom. The Hall–Kier alpha value is -3.99. The molecule has 2 saturated heterocycles. The number of hydrogen-bond donors (Lipinski definition) is 1. The van der Waals surface area contributed by atoms with Gasteiger partial charge in [0.25, 0.3) is 5.91 Å². The summed E-state index contributed by atoms with van der Waals surface area (Å²) < 4.78 is 29.6. The fraction of sp³-hybridized carbons (Fsp3) is 0.355. The van der Waals surface area contributed by atoms with Gasteiger partial charge in [-0.2, -0.15) is 0 Å². The van der Waals surface area contributed by atoms with Crippen molar-refractivity contribution in [3.63, 3.8) is 0 Å². The summed E-state index contributed by atoms with van der Waals surface area (Å²) in [5.74, 6) is -0.120. The van der Waals surface area contributed by atoms with E-state index in [4.69, 9.17) is 9.47 Å². The maximum absolute atomic E-state index is 15.9. The maximum atomic E-state index is 15.9. The number of fused-ring (bicyclic) bond motifs is 4. The number of nitrogens with one attached hydrogen (secondary N) is 1. The second-order valence-corrected chi connectivity index (χ2v) is 10.9. The number of aromatic nitrogens is 1. The number of hydrogen-bond acceptors (Lipinski definition) is 7. The van der Waals surface area contributed by atoms with Crippen molar-refractivity contribution < 1.29 is 18.7 Å². The Morgan fingerprint density at radius 1 is 0.976 bits per heavy atom. The van der Waals surface area contributed by atoms with Crippen molar-refractivity contribution in [2.75, 3.05) is 77.9 Å². The Morgan fingerprint density at radius 3 is 2.56 bits per heavy atom. The van der Waals surface area contributed by atoms with E-state index in [0.717, 1.165) is 37.0 Å². The summed E-state index contributed by atoms with van der Waals surface area (Å²) in [6.45, 7) is 6.75. The van der Waals surface area contributed by atoms with Crippen LogP contribution in [0.15, 0.2) is 53.5 Å². The maximum Gasteiger partial charge on any atom is 0.259 e. The number of halogens is 1. The molecule has 1 aromatic heterocycles. The fourth-order valence-corrected chi connectivity index (χ4v) is 6.01. The highest BCUT2D eigenvalue weighted by molar-refractivity contribution is 6.03. The third kappa shape index (κ3) is 4.52. The number of rotatable bonds is 5. The predicted molar refractivity (Wildman–Crippen MR) is 156 cm³/mol. The average Bonchev–Trinajstić information content (AvgIpc) is 3.00. The van der Waals surface area contributed by atoms with Gasteiger partial charge in [0, 0.05) is 63.9 Å². The number of carbonyl (C=O) groups is 1. The minimum Gasteiger partial charge on any atom is -0.450 e. The largest absolute Gasteiger partial charge is 0.450 e. The zero-order valence-electron chi connectivity index (χ0n) is 23.0. The van der Waals surface area contributed by atoms with Crippen molar-refractivity contribution in [3.05, 3.63) is 70.3 Å². The zero-order valence-corrected chi connectivity index (χ0v) is 23.0. The molecule has 0 bridgehead atoms. The quantitative estimate of drug-likeness (QED) is 0.354. The van der Waals surface area contributed by atoms with E-state index in [9.17, 15) is 9.59 Å². The molecule has 3 aliphatic rings. The number of carbonyl (C=O) groups excluding carboxylic acids is 1. The van der Waals surface area contributed by atoms with Crippen LogP contribution in [0, 0.1) is 5.82 Å². The number of likely N-dealkylation sites (N-methyl/N-ethyl adjacent to an activating group) is 1. The van der Waals surface area contributed by atoms with Crippen LogP contribution >= 0.6 is 0 Å². The zero-order chi connectivity index (χ0) is 28.1. The van der Waals surface area contributed by atoms with Crippen LogP contribution in [0.1, 0.15) is 10.4 Å². The van der Waals surface area contributed by atoms with Gasteiger partial charge in [0.1, 0.15) is 16.8 Å². The molecule has 3 aliphatic heterocycles. The van der Waals surface area contributed by atoms with Gasteiger partial charge in [-0.15, -0.1) is 0 Å². The molecule has 10 heteroatoms. The van der Waals surface area contributed by atoms with Gasteiger partial charge in [-0.1, -0.05) is 30.3 Å². The Bertz CT molecular complexity index is 1720. The van der Waals surface area contributed by atoms with Gasteiger partial charge in [-0.05, 0) is 24.6 Å². The van der Waals surface area contributed by atoms with Crippen LogP contribution in [0.2, 0.25) is 0 Å². The van der Waals surface area contributed by atoms with E-state index in [1.165, 1.54) is 6.07 Å². The van der Waals surface area contributed by atoms with E-state index >= 15 is 4.39 Å². The molecule has 0 atom stereocenters. The predicted octanol–water partition coefficient (Wildman–Crippen LogP) is 3.52. The lowest BCUT2D eigenvalue weighted by atomic mass is 10.0. The highest BCUT2D eigenvalue weighted by Gasteiger charge is 2.31. The van der Waals surface area contributed by atoms with Crippen molar-refractivity contribution >= 4 is 33.3 Å². The number of morpholine rings is 1. The third-order valence-corrected chi connectivity index (χ3v) is 8.37. The highest BCUT2D eigenvalue weighted by atomic mass is 19.1. The molecule has 41 heavy (non-hydrogen) atoms. The molecule has 0 radical (unpaired) electrons. The van der Waals surface area contributed by atoms with E-state index in [-0.39, 0.29) is 28.3 Å². The first-order valence-electron chi connectivity index (χ1n) is 14.1. The van der Waals surface area contributed by atoms with E-state index < -0.39 is 11.2 Å². The average molecular weight is 558 g/mol. The van der Waals surface area contributed by atoms with Crippen LogP contribution in [-0.2, 0) is 4.74 Å². The molecule has 7 rings (SSSR count). The molecule has 1 amide bonds. The highest BCUT2D eigenvalue weighted by Crippen LogP contribution is 2.47. The molecule has 212 valence electrons. The number of anilines is 1. The minimum absolute atomic E-state index is 0.0291. The summed E-state index contributed by atoms with van der Waals surface area (Å²) in [6.07, 6.45) is 1.61. The van der Waals surface area contributed by atoms with Crippen LogP contribution in [0.4, 0.5) is 10.1 Å². The SMILES string of the molecule is CN1CCN(C(=O)c2cn3c4c(c(NCCN5CCOCC5)c(F)cc4c2=O)Oc2c-3ccc3ccccc23)CC1. The Kier molecular flexibility index (Phi) is 6.61. The normalized spacial score (nSPS) is 17.5. The van der Waals surface area contributed by atoms with Gasteiger partial charge in [-0.3, -0.25) is 14.5 Å². The lowest BCUT2D eigenvalue weighted by Gasteiger charge is -2.33. The smallest absolute Gasteiger partial charge is 0.259 e.